The predicted octanol–water partition coefficient (Wildman–Crippen LogP) is 4.69. The Kier molecular flexibility index (Phi) is 4.80. The van der Waals surface area contributed by atoms with Crippen molar-refractivity contribution in [2.45, 2.75) is 26.7 Å². The highest BCUT2D eigenvalue weighted by molar-refractivity contribution is 6.14. The van der Waals surface area contributed by atoms with Gasteiger partial charge in [-0.3, -0.25) is 14.2 Å². The molecule has 0 radical (unpaired) electrons. The molecule has 0 aliphatic carbocycles. The topological polar surface area (TPSA) is 60.3 Å². The minimum absolute atomic E-state index is 0.152. The van der Waals surface area contributed by atoms with Gasteiger partial charge in [0.15, 0.2) is 0 Å². The summed E-state index contributed by atoms with van der Waals surface area (Å²) in [5.74, 6) is 0.649. The van der Waals surface area contributed by atoms with Crippen LogP contribution in [-0.2, 0) is 0 Å². The first-order chi connectivity index (χ1) is 12.4. The highest BCUT2D eigenvalue weighted by Crippen LogP contribution is 2.27. The van der Waals surface area contributed by atoms with E-state index in [1.54, 1.807) is 31.5 Å². The largest absolute Gasteiger partial charge is 0.497 e. The fourth-order valence-electron chi connectivity index (χ4n) is 2.93. The molecule has 3 rings (SSSR count). The van der Waals surface area contributed by atoms with E-state index >= 15 is 0 Å². The maximum Gasteiger partial charge on any atom is 0.257 e. The lowest BCUT2D eigenvalue weighted by molar-refractivity contribution is 0.0941. The van der Waals surface area contributed by atoms with Crippen LogP contribution < -0.4 is 10.1 Å². The first-order valence-electron chi connectivity index (χ1n) is 8.52. The molecule has 0 unspecified atom stereocenters. The van der Waals surface area contributed by atoms with E-state index in [1.165, 1.54) is 17.1 Å². The van der Waals surface area contributed by atoms with Crippen molar-refractivity contribution >= 4 is 28.4 Å². The third-order valence-electron chi connectivity index (χ3n) is 4.43. The Morgan fingerprint density at radius 2 is 1.77 bits per heavy atom. The second kappa shape index (κ2) is 7.04. The summed E-state index contributed by atoms with van der Waals surface area (Å²) in [5.41, 5.74) is 3.03. The van der Waals surface area contributed by atoms with Crippen molar-refractivity contribution in [3.05, 3.63) is 59.8 Å². The average molecular weight is 350 g/mol. The van der Waals surface area contributed by atoms with Gasteiger partial charge in [0.1, 0.15) is 5.75 Å². The van der Waals surface area contributed by atoms with E-state index in [1.807, 2.05) is 24.3 Å². The molecule has 0 spiro atoms. The summed E-state index contributed by atoms with van der Waals surface area (Å²) in [7, 11) is 1.57. The van der Waals surface area contributed by atoms with Gasteiger partial charge in [-0.2, -0.15) is 0 Å². The number of hydrogen-bond acceptors (Lipinski definition) is 3. The molecule has 0 bridgehead atoms. The van der Waals surface area contributed by atoms with Gasteiger partial charge in [-0.05, 0) is 41.8 Å². The Bertz CT molecular complexity index is 969. The van der Waals surface area contributed by atoms with Gasteiger partial charge in [0.25, 0.3) is 5.91 Å². The lowest BCUT2D eigenvalue weighted by Gasteiger charge is -2.08. The molecule has 0 saturated carbocycles. The van der Waals surface area contributed by atoms with E-state index in [2.05, 4.69) is 19.2 Å². The lowest BCUT2D eigenvalue weighted by Crippen LogP contribution is -2.12. The molecule has 26 heavy (non-hydrogen) atoms. The highest BCUT2D eigenvalue weighted by Gasteiger charge is 2.18. The zero-order valence-electron chi connectivity index (χ0n) is 15.4. The SMILES string of the molecule is COc1ccc2c(c1)c(C(=O)Nc1ccc(C(C)C)cc1)cn2C(C)=O. The summed E-state index contributed by atoms with van der Waals surface area (Å²) in [5, 5.41) is 3.58. The quantitative estimate of drug-likeness (QED) is 0.743. The van der Waals surface area contributed by atoms with Crippen LogP contribution >= 0.6 is 0 Å². The Hall–Kier alpha value is -3.08. The zero-order chi connectivity index (χ0) is 18.8. The fourth-order valence-corrected chi connectivity index (χ4v) is 2.93. The Morgan fingerprint density at radius 1 is 1.08 bits per heavy atom. The zero-order valence-corrected chi connectivity index (χ0v) is 15.4. The van der Waals surface area contributed by atoms with E-state index in [4.69, 9.17) is 4.74 Å². The van der Waals surface area contributed by atoms with Crippen LogP contribution in [0.15, 0.2) is 48.7 Å². The molecule has 1 amide bonds. The minimum atomic E-state index is -0.263. The van der Waals surface area contributed by atoms with E-state index in [0.717, 1.165) is 0 Å². The van der Waals surface area contributed by atoms with Gasteiger partial charge in [0, 0.05) is 24.2 Å². The summed E-state index contributed by atoms with van der Waals surface area (Å²) in [6, 6.07) is 13.1. The van der Waals surface area contributed by atoms with E-state index in [0.29, 0.717) is 33.8 Å². The predicted molar refractivity (Wildman–Crippen MR) is 103 cm³/mol. The molecule has 5 heteroatoms. The number of anilines is 1. The van der Waals surface area contributed by atoms with Crippen molar-refractivity contribution in [1.82, 2.24) is 4.57 Å². The number of methoxy groups -OCH3 is 1. The van der Waals surface area contributed by atoms with Crippen LogP contribution in [-0.4, -0.2) is 23.5 Å². The highest BCUT2D eigenvalue weighted by atomic mass is 16.5. The fraction of sp³-hybridized carbons (Fsp3) is 0.238. The van der Waals surface area contributed by atoms with E-state index in [9.17, 15) is 9.59 Å². The third-order valence-corrected chi connectivity index (χ3v) is 4.43. The van der Waals surface area contributed by atoms with Crippen molar-refractivity contribution in [2.24, 2.45) is 0 Å². The van der Waals surface area contributed by atoms with Crippen molar-refractivity contribution in [3.63, 3.8) is 0 Å². The van der Waals surface area contributed by atoms with Crippen LogP contribution in [0.25, 0.3) is 10.9 Å². The molecule has 0 aliphatic rings. The molecule has 2 aromatic carbocycles. The second-order valence-electron chi connectivity index (χ2n) is 6.55. The van der Waals surface area contributed by atoms with Crippen LogP contribution in [0.4, 0.5) is 5.69 Å². The Labute approximate surface area is 152 Å². The molecule has 5 nitrogen and oxygen atoms in total. The third kappa shape index (κ3) is 3.33. The van der Waals surface area contributed by atoms with E-state index < -0.39 is 0 Å². The maximum atomic E-state index is 12.8. The van der Waals surface area contributed by atoms with Crippen molar-refractivity contribution < 1.29 is 14.3 Å². The number of benzene rings is 2. The molecule has 3 aromatic rings. The van der Waals surface area contributed by atoms with Gasteiger partial charge in [-0.1, -0.05) is 26.0 Å². The second-order valence-corrected chi connectivity index (χ2v) is 6.55. The van der Waals surface area contributed by atoms with Crippen LogP contribution in [0.5, 0.6) is 5.75 Å². The number of nitrogens with one attached hydrogen (secondary N) is 1. The van der Waals surface area contributed by atoms with Crippen molar-refractivity contribution in [3.8, 4) is 5.75 Å². The first-order valence-corrected chi connectivity index (χ1v) is 8.52. The number of hydrogen-bond donors (Lipinski definition) is 1. The number of carbonyl (C=O) groups is 2. The number of nitrogens with zero attached hydrogens (tertiary/aromatic N) is 1. The van der Waals surface area contributed by atoms with Gasteiger partial charge < -0.3 is 10.1 Å². The summed E-state index contributed by atoms with van der Waals surface area (Å²) in [4.78, 5) is 24.7. The van der Waals surface area contributed by atoms with Gasteiger partial charge in [0.2, 0.25) is 5.91 Å². The lowest BCUT2D eigenvalue weighted by atomic mass is 10.0. The molecule has 1 aromatic heterocycles. The molecule has 1 heterocycles. The molecule has 0 aliphatic heterocycles. The Morgan fingerprint density at radius 3 is 2.35 bits per heavy atom. The summed E-state index contributed by atoms with van der Waals surface area (Å²) >= 11 is 0. The van der Waals surface area contributed by atoms with Crippen LogP contribution in [0, 0.1) is 0 Å². The van der Waals surface area contributed by atoms with Gasteiger partial charge in [-0.25, -0.2) is 0 Å². The van der Waals surface area contributed by atoms with Gasteiger partial charge in [-0.15, -0.1) is 0 Å². The van der Waals surface area contributed by atoms with Crippen LogP contribution in [0.3, 0.4) is 0 Å². The first kappa shape index (κ1) is 17.7. The number of ether oxygens (including phenoxy) is 1. The molecule has 134 valence electrons. The molecule has 0 atom stereocenters. The number of carbonyl (C=O) groups excluding carboxylic acids is 2. The average Bonchev–Trinajstić information content (AvgIpc) is 3.01. The molecular formula is C21H22N2O3. The van der Waals surface area contributed by atoms with Crippen LogP contribution in [0.2, 0.25) is 0 Å². The Balaban J connectivity index is 1.98. The van der Waals surface area contributed by atoms with Crippen molar-refractivity contribution in [2.75, 3.05) is 12.4 Å². The van der Waals surface area contributed by atoms with Crippen LogP contribution in [0.1, 0.15) is 47.4 Å². The summed E-state index contributed by atoms with van der Waals surface area (Å²) < 4.78 is 6.73. The molecule has 0 fully saturated rings. The molecular weight excluding hydrogens is 328 g/mol. The smallest absolute Gasteiger partial charge is 0.257 e. The monoisotopic (exact) mass is 350 g/mol. The molecule has 0 saturated heterocycles. The number of fused-ring (bicyclic) bond motifs is 1. The van der Waals surface area contributed by atoms with Crippen molar-refractivity contribution in [1.29, 1.82) is 0 Å². The number of amides is 1. The summed E-state index contributed by atoms with van der Waals surface area (Å²) in [6.07, 6.45) is 1.57. The van der Waals surface area contributed by atoms with Gasteiger partial charge >= 0.3 is 0 Å². The van der Waals surface area contributed by atoms with Gasteiger partial charge in [0.05, 0.1) is 18.2 Å². The molecule has 1 N–H and O–H groups in total. The standard InChI is InChI=1S/C21H22N2O3/c1-13(2)15-5-7-16(8-6-15)22-21(25)19-12-23(14(3)24)20-10-9-17(26-4)11-18(19)20/h5-13H,1-4H3,(H,22,25). The maximum absolute atomic E-state index is 12.8. The number of aromatic nitrogens is 1. The van der Waals surface area contributed by atoms with E-state index in [-0.39, 0.29) is 11.8 Å². The minimum Gasteiger partial charge on any atom is -0.497 e. The summed E-state index contributed by atoms with van der Waals surface area (Å²) in [6.45, 7) is 5.71. The number of rotatable bonds is 4. The normalized spacial score (nSPS) is 11.0.